The summed E-state index contributed by atoms with van der Waals surface area (Å²) in [5, 5.41) is 8.93. The van der Waals surface area contributed by atoms with Crippen molar-refractivity contribution >= 4 is 5.82 Å². The van der Waals surface area contributed by atoms with Gasteiger partial charge in [0.15, 0.2) is 0 Å². The molecule has 1 aromatic heterocycles. The van der Waals surface area contributed by atoms with Crippen LogP contribution in [0.15, 0.2) is 12.4 Å². The van der Waals surface area contributed by atoms with Crippen molar-refractivity contribution < 1.29 is 5.11 Å². The van der Waals surface area contributed by atoms with E-state index in [0.29, 0.717) is 11.7 Å². The van der Waals surface area contributed by atoms with Gasteiger partial charge in [0.25, 0.3) is 0 Å². The predicted octanol–water partition coefficient (Wildman–Crippen LogP) is 1.98. The van der Waals surface area contributed by atoms with Crippen molar-refractivity contribution in [1.82, 2.24) is 9.97 Å². The molecule has 4 heteroatoms. The van der Waals surface area contributed by atoms with Crippen LogP contribution in [0.2, 0.25) is 0 Å². The van der Waals surface area contributed by atoms with Crippen molar-refractivity contribution in [2.75, 3.05) is 11.9 Å². The molecule has 1 aliphatic rings. The van der Waals surface area contributed by atoms with E-state index in [1.165, 1.54) is 25.7 Å². The fourth-order valence-corrected chi connectivity index (χ4v) is 2.43. The van der Waals surface area contributed by atoms with Crippen molar-refractivity contribution in [3.8, 4) is 0 Å². The van der Waals surface area contributed by atoms with Crippen LogP contribution in [-0.2, 0) is 6.61 Å². The molecule has 2 rings (SSSR count). The minimum atomic E-state index is -0.0437. The van der Waals surface area contributed by atoms with E-state index in [4.69, 9.17) is 5.11 Å². The maximum atomic E-state index is 8.93. The van der Waals surface area contributed by atoms with Crippen molar-refractivity contribution in [1.29, 1.82) is 0 Å². The Labute approximate surface area is 103 Å². The fraction of sp³-hybridized carbons (Fsp3) is 0.692. The average Bonchev–Trinajstić information content (AvgIpc) is 2.39. The molecule has 0 radical (unpaired) electrons. The summed E-state index contributed by atoms with van der Waals surface area (Å²) in [6.45, 7) is 2.28. The second-order valence-electron chi connectivity index (χ2n) is 5.05. The summed E-state index contributed by atoms with van der Waals surface area (Å²) in [6.07, 6.45) is 8.48. The number of aliphatic hydroxyl groups excluding tert-OH is 1. The summed E-state index contributed by atoms with van der Waals surface area (Å²) in [4.78, 5) is 10.7. The van der Waals surface area contributed by atoms with Crippen LogP contribution in [0.1, 0.15) is 38.3 Å². The van der Waals surface area contributed by atoms with Gasteiger partial charge in [-0.2, -0.15) is 0 Å². The molecule has 0 saturated heterocycles. The average molecular weight is 235 g/mol. The first-order chi connectivity index (χ1) is 8.20. The first-order valence-electron chi connectivity index (χ1n) is 6.35. The molecule has 1 N–H and O–H groups in total. The molecule has 1 fully saturated rings. The zero-order chi connectivity index (χ0) is 12.3. The smallest absolute Gasteiger partial charge is 0.147 e. The molecule has 0 aliphatic heterocycles. The minimum absolute atomic E-state index is 0.0437. The molecule has 0 bridgehead atoms. The van der Waals surface area contributed by atoms with Crippen molar-refractivity contribution in [3.05, 3.63) is 18.1 Å². The van der Waals surface area contributed by atoms with Crippen LogP contribution in [0.25, 0.3) is 0 Å². The van der Waals surface area contributed by atoms with Gasteiger partial charge >= 0.3 is 0 Å². The zero-order valence-electron chi connectivity index (χ0n) is 10.6. The molecular weight excluding hydrogens is 214 g/mol. The fourth-order valence-electron chi connectivity index (χ4n) is 2.43. The number of aliphatic hydroxyl groups is 1. The minimum Gasteiger partial charge on any atom is -0.390 e. The highest BCUT2D eigenvalue weighted by atomic mass is 16.3. The van der Waals surface area contributed by atoms with E-state index in [2.05, 4.69) is 28.8 Å². The van der Waals surface area contributed by atoms with Crippen LogP contribution >= 0.6 is 0 Å². The number of anilines is 1. The predicted molar refractivity (Wildman–Crippen MR) is 67.8 cm³/mol. The molecule has 0 amide bonds. The lowest BCUT2D eigenvalue weighted by molar-refractivity contribution is 0.276. The molecule has 1 aromatic rings. The summed E-state index contributed by atoms with van der Waals surface area (Å²) in [6, 6.07) is 0.584. The molecule has 0 spiro atoms. The Balaban J connectivity index is 2.00. The van der Waals surface area contributed by atoms with Gasteiger partial charge in [-0.15, -0.1) is 0 Å². The second kappa shape index (κ2) is 5.45. The van der Waals surface area contributed by atoms with E-state index in [1.54, 1.807) is 12.4 Å². The van der Waals surface area contributed by atoms with Gasteiger partial charge in [-0.1, -0.05) is 6.92 Å². The lowest BCUT2D eigenvalue weighted by Crippen LogP contribution is -2.35. The van der Waals surface area contributed by atoms with E-state index in [0.717, 1.165) is 11.7 Å². The van der Waals surface area contributed by atoms with Gasteiger partial charge in [-0.25, -0.2) is 4.98 Å². The Hall–Kier alpha value is -1.16. The number of rotatable bonds is 3. The molecule has 0 aromatic carbocycles. The Morgan fingerprint density at radius 2 is 1.94 bits per heavy atom. The third-order valence-electron chi connectivity index (χ3n) is 3.75. The van der Waals surface area contributed by atoms with Gasteiger partial charge in [-0.05, 0) is 31.6 Å². The van der Waals surface area contributed by atoms with Gasteiger partial charge in [0.1, 0.15) is 5.82 Å². The van der Waals surface area contributed by atoms with Crippen molar-refractivity contribution in [2.24, 2.45) is 5.92 Å². The lowest BCUT2D eigenvalue weighted by Gasteiger charge is -2.34. The van der Waals surface area contributed by atoms with Gasteiger partial charge in [0.05, 0.1) is 24.7 Å². The third kappa shape index (κ3) is 2.94. The number of aromatic nitrogens is 2. The number of hydrogen-bond acceptors (Lipinski definition) is 4. The molecule has 1 aliphatic carbocycles. The Kier molecular flexibility index (Phi) is 3.94. The van der Waals surface area contributed by atoms with Crippen molar-refractivity contribution in [2.45, 2.75) is 45.3 Å². The zero-order valence-corrected chi connectivity index (χ0v) is 10.6. The first kappa shape index (κ1) is 12.3. The summed E-state index contributed by atoms with van der Waals surface area (Å²) < 4.78 is 0. The van der Waals surface area contributed by atoms with E-state index >= 15 is 0 Å². The third-order valence-corrected chi connectivity index (χ3v) is 3.75. The van der Waals surface area contributed by atoms with Gasteiger partial charge in [0.2, 0.25) is 0 Å². The van der Waals surface area contributed by atoms with Crippen molar-refractivity contribution in [3.63, 3.8) is 0 Å². The number of hydrogen-bond donors (Lipinski definition) is 1. The lowest BCUT2D eigenvalue weighted by atomic mass is 9.87. The Morgan fingerprint density at radius 3 is 2.47 bits per heavy atom. The van der Waals surface area contributed by atoms with Crippen LogP contribution in [0.4, 0.5) is 5.82 Å². The largest absolute Gasteiger partial charge is 0.390 e. The Bertz CT molecular complexity index is 344. The molecular formula is C13H21N3O. The molecule has 1 heterocycles. The number of nitrogens with zero attached hydrogens (tertiary/aromatic N) is 3. The second-order valence-corrected chi connectivity index (χ2v) is 5.05. The molecule has 94 valence electrons. The highest BCUT2D eigenvalue weighted by molar-refractivity contribution is 5.36. The summed E-state index contributed by atoms with van der Waals surface area (Å²) >= 11 is 0. The summed E-state index contributed by atoms with van der Waals surface area (Å²) in [5.41, 5.74) is 0.624. The quantitative estimate of drug-likeness (QED) is 0.870. The molecule has 0 atom stereocenters. The topological polar surface area (TPSA) is 49.2 Å². The van der Waals surface area contributed by atoms with E-state index in [9.17, 15) is 0 Å². The first-order valence-corrected chi connectivity index (χ1v) is 6.35. The van der Waals surface area contributed by atoms with E-state index in [-0.39, 0.29) is 6.61 Å². The summed E-state index contributed by atoms with van der Waals surface area (Å²) in [7, 11) is 2.09. The monoisotopic (exact) mass is 235 g/mol. The molecule has 1 saturated carbocycles. The van der Waals surface area contributed by atoms with Crippen LogP contribution in [0.3, 0.4) is 0 Å². The normalized spacial score (nSPS) is 24.6. The van der Waals surface area contributed by atoms with Crippen LogP contribution in [-0.4, -0.2) is 28.2 Å². The van der Waals surface area contributed by atoms with Gasteiger partial charge in [-0.3, -0.25) is 4.98 Å². The molecule has 17 heavy (non-hydrogen) atoms. The van der Waals surface area contributed by atoms with Crippen LogP contribution in [0, 0.1) is 5.92 Å². The molecule has 0 unspecified atom stereocenters. The van der Waals surface area contributed by atoms with Gasteiger partial charge < -0.3 is 10.0 Å². The maximum absolute atomic E-state index is 8.93. The van der Waals surface area contributed by atoms with E-state index < -0.39 is 0 Å². The standard InChI is InChI=1S/C13H21N3O/c1-10-3-5-12(6-4-10)16(2)13-8-14-11(9-17)7-15-13/h7-8,10,12,17H,3-6,9H2,1-2H3. The highest BCUT2D eigenvalue weighted by Gasteiger charge is 2.22. The Morgan fingerprint density at radius 1 is 1.24 bits per heavy atom. The van der Waals surface area contributed by atoms with Crippen LogP contribution in [0.5, 0.6) is 0 Å². The maximum Gasteiger partial charge on any atom is 0.147 e. The summed E-state index contributed by atoms with van der Waals surface area (Å²) in [5.74, 6) is 1.77. The molecule has 4 nitrogen and oxygen atoms in total. The van der Waals surface area contributed by atoms with Gasteiger partial charge in [0, 0.05) is 13.1 Å². The van der Waals surface area contributed by atoms with E-state index in [1.807, 2.05) is 0 Å². The van der Waals surface area contributed by atoms with Crippen LogP contribution < -0.4 is 4.90 Å². The SMILES string of the molecule is CC1CCC(N(C)c2cnc(CO)cn2)CC1. The highest BCUT2D eigenvalue weighted by Crippen LogP contribution is 2.28.